The predicted octanol–water partition coefficient (Wildman–Crippen LogP) is 1.10. The summed E-state index contributed by atoms with van der Waals surface area (Å²) in [6.45, 7) is -0.180. The maximum Gasteiger partial charge on any atom is 0.287 e. The highest BCUT2D eigenvalue weighted by Gasteiger charge is 2.11. The van der Waals surface area contributed by atoms with Gasteiger partial charge >= 0.3 is 0 Å². The second kappa shape index (κ2) is 8.73. The number of rotatable bonds is 7. The van der Waals surface area contributed by atoms with Crippen LogP contribution in [0.15, 0.2) is 47.1 Å². The molecule has 0 unspecified atom stereocenters. The van der Waals surface area contributed by atoms with E-state index in [1.807, 2.05) is 6.07 Å². The number of hydrogen-bond donors (Lipinski definition) is 3. The van der Waals surface area contributed by atoms with Crippen LogP contribution in [0, 0.1) is 0 Å². The summed E-state index contributed by atoms with van der Waals surface area (Å²) in [5, 5.41) is 7.98. The Hall–Kier alpha value is -2.80. The monoisotopic (exact) mass is 349 g/mol. The van der Waals surface area contributed by atoms with Crippen LogP contribution in [-0.2, 0) is 16.1 Å². The van der Waals surface area contributed by atoms with Crippen molar-refractivity contribution in [2.24, 2.45) is 0 Å². The van der Waals surface area contributed by atoms with E-state index >= 15 is 0 Å². The smallest absolute Gasteiger partial charge is 0.287 e. The van der Waals surface area contributed by atoms with Crippen molar-refractivity contribution in [2.75, 3.05) is 13.1 Å². The van der Waals surface area contributed by atoms with E-state index in [0.717, 1.165) is 5.56 Å². The van der Waals surface area contributed by atoms with Crippen LogP contribution in [0.1, 0.15) is 16.1 Å². The van der Waals surface area contributed by atoms with E-state index in [0.29, 0.717) is 5.02 Å². The summed E-state index contributed by atoms with van der Waals surface area (Å²) in [4.78, 5) is 34.8. The molecule has 1 heterocycles. The van der Waals surface area contributed by atoms with E-state index in [1.54, 1.807) is 24.3 Å². The molecule has 0 fully saturated rings. The van der Waals surface area contributed by atoms with Crippen LogP contribution in [0.5, 0.6) is 0 Å². The molecule has 7 nitrogen and oxygen atoms in total. The molecule has 24 heavy (non-hydrogen) atoms. The molecule has 0 radical (unpaired) electrons. The van der Waals surface area contributed by atoms with Crippen molar-refractivity contribution in [1.29, 1.82) is 0 Å². The first kappa shape index (κ1) is 17.6. The Morgan fingerprint density at radius 1 is 0.917 bits per heavy atom. The zero-order valence-corrected chi connectivity index (χ0v) is 13.4. The molecule has 0 aliphatic rings. The van der Waals surface area contributed by atoms with Gasteiger partial charge in [0, 0.05) is 11.6 Å². The first-order valence-electron chi connectivity index (χ1n) is 7.15. The molecule has 0 aliphatic heterocycles. The molecule has 0 saturated carbocycles. The number of amides is 3. The molecular weight excluding hydrogens is 334 g/mol. The molecule has 2 rings (SSSR count). The summed E-state index contributed by atoms with van der Waals surface area (Å²) < 4.78 is 4.89. The summed E-state index contributed by atoms with van der Waals surface area (Å²) in [6.07, 6.45) is 1.36. The molecule has 0 saturated heterocycles. The summed E-state index contributed by atoms with van der Waals surface area (Å²) in [5.41, 5.74) is 0.782. The quantitative estimate of drug-likeness (QED) is 0.696. The SMILES string of the molecule is O=C(CNC(=O)CNC(=O)c1ccco1)NCc1ccccc1Cl. The predicted molar refractivity (Wildman–Crippen MR) is 87.3 cm³/mol. The molecule has 2 aromatic rings. The molecule has 3 amide bonds. The maximum absolute atomic E-state index is 11.7. The Morgan fingerprint density at radius 3 is 2.33 bits per heavy atom. The van der Waals surface area contributed by atoms with Crippen LogP contribution in [0.25, 0.3) is 0 Å². The highest BCUT2D eigenvalue weighted by molar-refractivity contribution is 6.31. The lowest BCUT2D eigenvalue weighted by Gasteiger charge is -2.08. The summed E-state index contributed by atoms with van der Waals surface area (Å²) in [5.74, 6) is -1.23. The number of carbonyl (C=O) groups excluding carboxylic acids is 3. The summed E-state index contributed by atoms with van der Waals surface area (Å²) in [7, 11) is 0. The average molecular weight is 350 g/mol. The minimum Gasteiger partial charge on any atom is -0.459 e. The molecule has 1 aromatic heterocycles. The molecule has 8 heteroatoms. The maximum atomic E-state index is 11.7. The summed E-state index contributed by atoms with van der Waals surface area (Å²) >= 11 is 5.98. The molecule has 126 valence electrons. The Balaban J connectivity index is 1.65. The van der Waals surface area contributed by atoms with Crippen molar-refractivity contribution in [3.8, 4) is 0 Å². The van der Waals surface area contributed by atoms with Gasteiger partial charge < -0.3 is 20.4 Å². The molecule has 3 N–H and O–H groups in total. The number of hydrogen-bond acceptors (Lipinski definition) is 4. The van der Waals surface area contributed by atoms with Gasteiger partial charge in [-0.3, -0.25) is 14.4 Å². The van der Waals surface area contributed by atoms with Crippen molar-refractivity contribution in [1.82, 2.24) is 16.0 Å². The van der Waals surface area contributed by atoms with Gasteiger partial charge in [-0.1, -0.05) is 29.8 Å². The van der Waals surface area contributed by atoms with Crippen LogP contribution in [0.2, 0.25) is 5.02 Å². The number of furan rings is 1. The molecule has 1 aromatic carbocycles. The van der Waals surface area contributed by atoms with E-state index in [2.05, 4.69) is 16.0 Å². The number of carbonyl (C=O) groups is 3. The number of nitrogens with one attached hydrogen (secondary N) is 3. The van der Waals surface area contributed by atoms with E-state index in [4.69, 9.17) is 16.0 Å². The van der Waals surface area contributed by atoms with Crippen LogP contribution in [0.3, 0.4) is 0 Å². The topological polar surface area (TPSA) is 100 Å². The third kappa shape index (κ3) is 5.44. The number of benzene rings is 1. The normalized spacial score (nSPS) is 10.0. The zero-order chi connectivity index (χ0) is 17.4. The average Bonchev–Trinajstić information content (AvgIpc) is 3.11. The van der Waals surface area contributed by atoms with Crippen molar-refractivity contribution in [3.05, 3.63) is 59.0 Å². The first-order valence-corrected chi connectivity index (χ1v) is 7.52. The standard InChI is InChI=1S/C16H16ClN3O4/c17-12-5-2-1-4-11(12)8-18-14(21)9-19-15(22)10-20-16(23)13-6-3-7-24-13/h1-7H,8-10H2,(H,18,21)(H,19,22)(H,20,23). The van der Waals surface area contributed by atoms with Crippen molar-refractivity contribution in [3.63, 3.8) is 0 Å². The van der Waals surface area contributed by atoms with Gasteiger partial charge in [-0.15, -0.1) is 0 Å². The Morgan fingerprint density at radius 2 is 1.62 bits per heavy atom. The lowest BCUT2D eigenvalue weighted by Crippen LogP contribution is -2.41. The van der Waals surface area contributed by atoms with Gasteiger partial charge in [0.15, 0.2) is 5.76 Å². The molecule has 0 aliphatic carbocycles. The minimum atomic E-state index is -0.502. The Kier molecular flexibility index (Phi) is 6.39. The lowest BCUT2D eigenvalue weighted by atomic mass is 10.2. The van der Waals surface area contributed by atoms with E-state index < -0.39 is 11.8 Å². The minimum absolute atomic E-state index is 0.111. The van der Waals surface area contributed by atoms with Gasteiger partial charge in [0.2, 0.25) is 11.8 Å². The Bertz CT molecular complexity index is 716. The molecule has 0 atom stereocenters. The van der Waals surface area contributed by atoms with Crippen LogP contribution in [0.4, 0.5) is 0 Å². The Labute approximate surface area is 143 Å². The molecule has 0 bridgehead atoms. The van der Waals surface area contributed by atoms with E-state index in [9.17, 15) is 14.4 Å². The third-order valence-corrected chi connectivity index (χ3v) is 3.40. The number of halogens is 1. The van der Waals surface area contributed by atoms with Gasteiger partial charge in [0.25, 0.3) is 5.91 Å². The third-order valence-electron chi connectivity index (χ3n) is 3.03. The van der Waals surface area contributed by atoms with Crippen molar-refractivity contribution >= 4 is 29.3 Å². The fourth-order valence-corrected chi connectivity index (χ4v) is 2.00. The second-order valence-corrected chi connectivity index (χ2v) is 5.21. The van der Waals surface area contributed by atoms with Crippen molar-refractivity contribution in [2.45, 2.75) is 6.54 Å². The van der Waals surface area contributed by atoms with Crippen LogP contribution >= 0.6 is 11.6 Å². The lowest BCUT2D eigenvalue weighted by molar-refractivity contribution is -0.125. The van der Waals surface area contributed by atoms with Crippen LogP contribution < -0.4 is 16.0 Å². The fraction of sp³-hybridized carbons (Fsp3) is 0.188. The summed E-state index contributed by atoms with van der Waals surface area (Å²) in [6, 6.07) is 10.2. The van der Waals surface area contributed by atoms with Gasteiger partial charge in [-0.2, -0.15) is 0 Å². The largest absolute Gasteiger partial charge is 0.459 e. The molecule has 0 spiro atoms. The zero-order valence-electron chi connectivity index (χ0n) is 12.7. The second-order valence-electron chi connectivity index (χ2n) is 4.80. The van der Waals surface area contributed by atoms with Gasteiger partial charge in [0.05, 0.1) is 19.4 Å². The highest BCUT2D eigenvalue weighted by Crippen LogP contribution is 2.13. The van der Waals surface area contributed by atoms with Gasteiger partial charge in [-0.05, 0) is 23.8 Å². The van der Waals surface area contributed by atoms with Gasteiger partial charge in [0.1, 0.15) is 0 Å². The highest BCUT2D eigenvalue weighted by atomic mass is 35.5. The van der Waals surface area contributed by atoms with Crippen LogP contribution in [-0.4, -0.2) is 30.8 Å². The van der Waals surface area contributed by atoms with Gasteiger partial charge in [-0.25, -0.2) is 0 Å². The first-order chi connectivity index (χ1) is 11.6. The fourth-order valence-electron chi connectivity index (χ4n) is 1.79. The molecular formula is C16H16ClN3O4. The van der Waals surface area contributed by atoms with E-state index in [1.165, 1.54) is 12.3 Å². The van der Waals surface area contributed by atoms with E-state index in [-0.39, 0.29) is 31.3 Å². The van der Waals surface area contributed by atoms with Crippen molar-refractivity contribution < 1.29 is 18.8 Å².